The third-order valence-electron chi connectivity index (χ3n) is 6.20. The van der Waals surface area contributed by atoms with Crippen LogP contribution < -0.4 is 5.32 Å². The van der Waals surface area contributed by atoms with Gasteiger partial charge < -0.3 is 19.7 Å². The molecule has 2 aromatic carbocycles. The number of aryl methyl sites for hydroxylation is 2. The molecule has 1 aliphatic heterocycles. The van der Waals surface area contributed by atoms with E-state index in [1.54, 1.807) is 18.2 Å². The summed E-state index contributed by atoms with van der Waals surface area (Å²) in [5.41, 5.74) is 3.96. The fourth-order valence-corrected chi connectivity index (χ4v) is 4.70. The van der Waals surface area contributed by atoms with Gasteiger partial charge in [-0.3, -0.25) is 9.59 Å². The molecule has 1 aromatic heterocycles. The number of hydrogen-bond acceptors (Lipinski definition) is 3. The Bertz CT molecular complexity index is 1140. The third-order valence-corrected chi connectivity index (χ3v) is 6.53. The maximum absolute atomic E-state index is 13.3. The van der Waals surface area contributed by atoms with Crippen molar-refractivity contribution in [1.29, 1.82) is 0 Å². The Morgan fingerprint density at radius 2 is 1.82 bits per heavy atom. The average Bonchev–Trinajstić information content (AvgIpc) is 3.26. The first-order valence-corrected chi connectivity index (χ1v) is 12.0. The first-order chi connectivity index (χ1) is 16.5. The Morgan fingerprint density at radius 1 is 1.06 bits per heavy atom. The monoisotopic (exact) mass is 480 g/mol. The number of anilines is 1. The van der Waals surface area contributed by atoms with Crippen LogP contribution in [0.1, 0.15) is 52.4 Å². The fraction of sp³-hybridized carbons (Fsp3) is 0.333. The van der Waals surface area contributed by atoms with Crippen LogP contribution >= 0.6 is 11.6 Å². The number of aromatic nitrogens is 1. The van der Waals surface area contributed by atoms with Crippen LogP contribution in [-0.2, 0) is 28.9 Å². The van der Waals surface area contributed by atoms with Crippen LogP contribution in [-0.4, -0.2) is 34.8 Å². The molecular weight excluding hydrogens is 452 g/mol. The van der Waals surface area contributed by atoms with Gasteiger partial charge in [0.1, 0.15) is 0 Å². The van der Waals surface area contributed by atoms with Gasteiger partial charge in [0, 0.05) is 37.6 Å². The van der Waals surface area contributed by atoms with Crippen LogP contribution in [0.15, 0.2) is 60.8 Å². The number of aliphatic carboxylic acids is 1. The van der Waals surface area contributed by atoms with Crippen molar-refractivity contribution < 1.29 is 19.4 Å². The van der Waals surface area contributed by atoms with Crippen LogP contribution in [0.3, 0.4) is 0 Å². The summed E-state index contributed by atoms with van der Waals surface area (Å²) >= 11 is 6.30. The van der Waals surface area contributed by atoms with Gasteiger partial charge in [-0.25, -0.2) is 0 Å². The SMILES string of the molecule is O=C(O)Cc1ccc(Cl)c(NC(=O)c2ccn(CCCc3ccccc3)c2C2CCOCC2)c1. The minimum atomic E-state index is -0.936. The fourth-order valence-electron chi connectivity index (χ4n) is 4.54. The number of nitrogens with one attached hydrogen (secondary N) is 1. The van der Waals surface area contributed by atoms with Crippen molar-refractivity contribution in [3.8, 4) is 0 Å². The zero-order valence-corrected chi connectivity index (χ0v) is 19.8. The molecular formula is C27H29ClN2O4. The number of amides is 1. The van der Waals surface area contributed by atoms with E-state index >= 15 is 0 Å². The summed E-state index contributed by atoms with van der Waals surface area (Å²) in [5.74, 6) is -0.929. The summed E-state index contributed by atoms with van der Waals surface area (Å²) in [7, 11) is 0. The van der Waals surface area contributed by atoms with Crippen molar-refractivity contribution in [3.63, 3.8) is 0 Å². The highest BCUT2D eigenvalue weighted by Gasteiger charge is 2.26. The number of ether oxygens (including phenoxy) is 1. The van der Waals surface area contributed by atoms with Crippen LogP contribution in [0.2, 0.25) is 5.02 Å². The summed E-state index contributed by atoms with van der Waals surface area (Å²) in [5, 5.41) is 12.4. The Labute approximate surface area is 204 Å². The Hall–Kier alpha value is -3.09. The van der Waals surface area contributed by atoms with Gasteiger partial charge in [-0.15, -0.1) is 0 Å². The van der Waals surface area contributed by atoms with E-state index in [1.807, 2.05) is 18.3 Å². The number of carboxylic acid groups (broad SMARTS) is 1. The van der Waals surface area contributed by atoms with E-state index in [-0.39, 0.29) is 18.2 Å². The number of hydrogen-bond donors (Lipinski definition) is 2. The molecule has 1 fully saturated rings. The molecule has 7 heteroatoms. The van der Waals surface area contributed by atoms with E-state index in [4.69, 9.17) is 21.4 Å². The lowest BCUT2D eigenvalue weighted by molar-refractivity contribution is -0.136. The number of carboxylic acids is 1. The summed E-state index contributed by atoms with van der Waals surface area (Å²) in [6, 6.07) is 17.2. The normalized spacial score (nSPS) is 14.1. The molecule has 0 unspecified atom stereocenters. The van der Waals surface area contributed by atoms with Gasteiger partial charge in [0.15, 0.2) is 0 Å². The Kier molecular flexibility index (Phi) is 8.03. The molecule has 178 valence electrons. The highest BCUT2D eigenvalue weighted by atomic mass is 35.5. The van der Waals surface area contributed by atoms with Crippen molar-refractivity contribution in [1.82, 2.24) is 4.57 Å². The zero-order valence-electron chi connectivity index (χ0n) is 19.0. The van der Waals surface area contributed by atoms with Gasteiger partial charge in [-0.1, -0.05) is 48.0 Å². The third kappa shape index (κ3) is 6.07. The highest BCUT2D eigenvalue weighted by molar-refractivity contribution is 6.34. The van der Waals surface area contributed by atoms with E-state index in [0.29, 0.717) is 35.1 Å². The summed E-state index contributed by atoms with van der Waals surface area (Å²) in [6.45, 7) is 2.19. The lowest BCUT2D eigenvalue weighted by Crippen LogP contribution is -2.22. The number of carbonyl (C=O) groups excluding carboxylic acids is 1. The minimum Gasteiger partial charge on any atom is -0.481 e. The van der Waals surface area contributed by atoms with Crippen LogP contribution in [0.25, 0.3) is 0 Å². The Morgan fingerprint density at radius 3 is 2.56 bits per heavy atom. The van der Waals surface area contributed by atoms with Crippen molar-refractivity contribution in [2.24, 2.45) is 0 Å². The molecule has 1 saturated heterocycles. The van der Waals surface area contributed by atoms with E-state index in [0.717, 1.165) is 37.9 Å². The average molecular weight is 481 g/mol. The van der Waals surface area contributed by atoms with Crippen LogP contribution in [0.4, 0.5) is 5.69 Å². The van der Waals surface area contributed by atoms with E-state index < -0.39 is 5.97 Å². The second-order valence-electron chi connectivity index (χ2n) is 8.62. The Balaban J connectivity index is 1.54. The van der Waals surface area contributed by atoms with Crippen molar-refractivity contribution in [2.45, 2.75) is 44.6 Å². The molecule has 0 spiro atoms. The van der Waals surface area contributed by atoms with E-state index in [2.05, 4.69) is 34.1 Å². The predicted octanol–water partition coefficient (Wildman–Crippen LogP) is 5.55. The van der Waals surface area contributed by atoms with E-state index in [1.165, 1.54) is 5.56 Å². The molecule has 2 heterocycles. The second-order valence-corrected chi connectivity index (χ2v) is 9.03. The molecule has 4 rings (SSSR count). The van der Waals surface area contributed by atoms with Gasteiger partial charge in [0.2, 0.25) is 0 Å². The molecule has 0 aliphatic carbocycles. The van der Waals surface area contributed by atoms with Gasteiger partial charge in [-0.05, 0) is 55.0 Å². The lowest BCUT2D eigenvalue weighted by Gasteiger charge is -2.25. The van der Waals surface area contributed by atoms with Gasteiger partial charge in [0.25, 0.3) is 5.91 Å². The lowest BCUT2D eigenvalue weighted by atomic mass is 9.93. The molecule has 6 nitrogen and oxygen atoms in total. The number of halogens is 1. The van der Waals surface area contributed by atoms with Gasteiger partial charge >= 0.3 is 5.97 Å². The molecule has 0 atom stereocenters. The molecule has 3 aromatic rings. The first-order valence-electron chi connectivity index (χ1n) is 11.6. The number of carbonyl (C=O) groups is 2. The largest absolute Gasteiger partial charge is 0.481 e. The van der Waals surface area contributed by atoms with E-state index in [9.17, 15) is 9.59 Å². The molecule has 1 amide bonds. The van der Waals surface area contributed by atoms with Crippen molar-refractivity contribution >= 4 is 29.2 Å². The molecule has 2 N–H and O–H groups in total. The van der Waals surface area contributed by atoms with Crippen molar-refractivity contribution in [2.75, 3.05) is 18.5 Å². The van der Waals surface area contributed by atoms with Crippen LogP contribution in [0, 0.1) is 0 Å². The number of rotatable bonds is 9. The quantitative estimate of drug-likeness (QED) is 0.421. The second kappa shape index (κ2) is 11.4. The standard InChI is InChI=1S/C27H29ClN2O4/c28-23-9-8-20(18-25(31)32)17-24(23)29-27(33)22-10-14-30(26(22)21-11-15-34-16-12-21)13-4-7-19-5-2-1-3-6-19/h1-3,5-6,8-10,14,17,21H,4,7,11-13,15-16,18H2,(H,29,33)(H,31,32). The minimum absolute atomic E-state index is 0.134. The summed E-state index contributed by atoms with van der Waals surface area (Å²) in [4.78, 5) is 24.4. The molecule has 0 bridgehead atoms. The molecule has 0 saturated carbocycles. The van der Waals surface area contributed by atoms with Crippen molar-refractivity contribution in [3.05, 3.63) is 88.2 Å². The number of benzene rings is 2. The maximum atomic E-state index is 13.3. The maximum Gasteiger partial charge on any atom is 0.307 e. The summed E-state index contributed by atoms with van der Waals surface area (Å²) < 4.78 is 7.76. The zero-order chi connectivity index (χ0) is 23.9. The van der Waals surface area contributed by atoms with Gasteiger partial charge in [0.05, 0.1) is 22.7 Å². The van der Waals surface area contributed by atoms with Crippen LogP contribution in [0.5, 0.6) is 0 Å². The summed E-state index contributed by atoms with van der Waals surface area (Å²) in [6.07, 6.45) is 5.55. The topological polar surface area (TPSA) is 80.6 Å². The number of nitrogens with zero attached hydrogens (tertiary/aromatic N) is 1. The molecule has 34 heavy (non-hydrogen) atoms. The molecule has 1 aliphatic rings. The van der Waals surface area contributed by atoms with Gasteiger partial charge in [-0.2, -0.15) is 0 Å². The molecule has 0 radical (unpaired) electrons. The first kappa shape index (κ1) is 24.0. The predicted molar refractivity (Wildman–Crippen MR) is 133 cm³/mol. The highest BCUT2D eigenvalue weighted by Crippen LogP contribution is 2.32. The smallest absolute Gasteiger partial charge is 0.307 e.